The summed E-state index contributed by atoms with van der Waals surface area (Å²) < 4.78 is 38.7. The Bertz CT molecular complexity index is 1380. The summed E-state index contributed by atoms with van der Waals surface area (Å²) in [7, 11) is -3.45. The molecule has 5 rings (SSSR count). The van der Waals surface area contributed by atoms with Crippen molar-refractivity contribution in [1.29, 1.82) is 0 Å². The number of anilines is 3. The third-order valence-electron chi connectivity index (χ3n) is 6.83. The van der Waals surface area contributed by atoms with E-state index in [4.69, 9.17) is 24.4 Å². The van der Waals surface area contributed by atoms with Crippen molar-refractivity contribution in [2.45, 2.75) is 45.0 Å². The van der Waals surface area contributed by atoms with E-state index in [9.17, 15) is 8.42 Å². The van der Waals surface area contributed by atoms with Gasteiger partial charge in [-0.15, -0.1) is 0 Å². The normalized spacial score (nSPS) is 21.0. The van der Waals surface area contributed by atoms with Gasteiger partial charge in [-0.25, -0.2) is 13.4 Å². The number of sulfonamides is 1. The fraction of sp³-hybridized carbons (Fsp3) is 0.500. The van der Waals surface area contributed by atoms with Gasteiger partial charge in [0, 0.05) is 24.3 Å². The van der Waals surface area contributed by atoms with Gasteiger partial charge in [-0.05, 0) is 52.0 Å². The van der Waals surface area contributed by atoms with E-state index < -0.39 is 15.3 Å². The Labute approximate surface area is 218 Å². The molecule has 2 aliphatic rings. The topological polar surface area (TPSA) is 110 Å². The molecule has 2 aliphatic heterocycles. The van der Waals surface area contributed by atoms with Crippen molar-refractivity contribution in [3.8, 4) is 11.3 Å². The summed E-state index contributed by atoms with van der Waals surface area (Å²) in [5, 5.41) is 0.340. The summed E-state index contributed by atoms with van der Waals surface area (Å²) in [6.45, 7) is 11.5. The molecule has 0 spiro atoms. The first-order valence-electron chi connectivity index (χ1n) is 12.7. The number of rotatable bonds is 6. The molecule has 2 fully saturated rings. The molecular weight excluding hydrogens is 492 g/mol. The molecule has 0 amide bonds. The minimum Gasteiger partial charge on any atom is -0.377 e. The van der Waals surface area contributed by atoms with Crippen LogP contribution in [-0.4, -0.2) is 80.2 Å². The van der Waals surface area contributed by atoms with Crippen LogP contribution in [0.15, 0.2) is 36.4 Å². The summed E-state index contributed by atoms with van der Waals surface area (Å²) in [4.78, 5) is 19.3. The third kappa shape index (κ3) is 5.34. The van der Waals surface area contributed by atoms with Gasteiger partial charge in [0.05, 0.1) is 54.8 Å². The van der Waals surface area contributed by atoms with Crippen LogP contribution < -0.4 is 14.5 Å². The van der Waals surface area contributed by atoms with Crippen molar-refractivity contribution in [1.82, 2.24) is 15.0 Å². The number of ether oxygens (including phenoxy) is 2. The molecule has 37 heavy (non-hydrogen) atoms. The maximum Gasteiger partial charge on any atom is 0.235 e. The van der Waals surface area contributed by atoms with Crippen molar-refractivity contribution in [2.24, 2.45) is 0 Å². The number of aromatic nitrogens is 3. The minimum absolute atomic E-state index is 0.148. The lowest BCUT2D eigenvalue weighted by Gasteiger charge is -2.37. The van der Waals surface area contributed by atoms with Gasteiger partial charge in [-0.1, -0.05) is 12.1 Å². The lowest BCUT2D eigenvalue weighted by molar-refractivity contribution is 0.0973. The first kappa shape index (κ1) is 25.6. The Morgan fingerprint density at radius 1 is 0.946 bits per heavy atom. The Morgan fingerprint density at radius 2 is 1.65 bits per heavy atom. The molecule has 2 aromatic heterocycles. The van der Waals surface area contributed by atoms with Gasteiger partial charge >= 0.3 is 0 Å². The smallest absolute Gasteiger partial charge is 0.235 e. The molecule has 3 aromatic rings. The Kier molecular flexibility index (Phi) is 7.19. The van der Waals surface area contributed by atoms with Crippen molar-refractivity contribution in [3.63, 3.8) is 0 Å². The van der Waals surface area contributed by atoms with Gasteiger partial charge in [-0.2, -0.15) is 9.97 Å². The van der Waals surface area contributed by atoms with Crippen LogP contribution in [0.5, 0.6) is 0 Å². The van der Waals surface area contributed by atoms with Crippen LogP contribution in [0.25, 0.3) is 22.3 Å². The van der Waals surface area contributed by atoms with E-state index in [1.807, 2.05) is 24.3 Å². The monoisotopic (exact) mass is 526 g/mol. The van der Waals surface area contributed by atoms with Gasteiger partial charge in [-0.3, -0.25) is 4.72 Å². The first-order valence-corrected chi connectivity index (χ1v) is 14.3. The predicted molar refractivity (Wildman–Crippen MR) is 146 cm³/mol. The molecule has 1 aromatic carbocycles. The maximum absolute atomic E-state index is 12.4. The molecule has 11 heteroatoms. The second-order valence-corrected chi connectivity index (χ2v) is 12.2. The van der Waals surface area contributed by atoms with Crippen LogP contribution in [0, 0.1) is 0 Å². The van der Waals surface area contributed by atoms with Gasteiger partial charge < -0.3 is 19.3 Å². The second-order valence-electron chi connectivity index (χ2n) is 9.93. The lowest BCUT2D eigenvalue weighted by Crippen LogP contribution is -2.46. The van der Waals surface area contributed by atoms with E-state index in [2.05, 4.69) is 28.4 Å². The first-order chi connectivity index (χ1) is 17.7. The van der Waals surface area contributed by atoms with E-state index in [-0.39, 0.29) is 12.1 Å². The zero-order valence-corrected chi connectivity index (χ0v) is 22.5. The number of nitrogens with one attached hydrogen (secondary N) is 1. The minimum atomic E-state index is -3.45. The molecule has 2 atom stereocenters. The summed E-state index contributed by atoms with van der Waals surface area (Å²) in [6, 6.07) is 11.5. The fourth-order valence-corrected chi connectivity index (χ4v) is 5.27. The summed E-state index contributed by atoms with van der Waals surface area (Å²) in [5.41, 5.74) is 2.61. The van der Waals surface area contributed by atoms with E-state index in [1.54, 1.807) is 26.0 Å². The number of nitrogens with zero attached hydrogens (tertiary/aromatic N) is 5. The zero-order valence-electron chi connectivity index (χ0n) is 21.7. The summed E-state index contributed by atoms with van der Waals surface area (Å²) in [6.07, 6.45) is 0. The molecule has 0 saturated carbocycles. The van der Waals surface area contributed by atoms with Gasteiger partial charge in [0.2, 0.25) is 16.0 Å². The van der Waals surface area contributed by atoms with Crippen LogP contribution in [0.4, 0.5) is 17.5 Å². The second kappa shape index (κ2) is 10.4. The van der Waals surface area contributed by atoms with Crippen LogP contribution in [0.2, 0.25) is 0 Å². The Morgan fingerprint density at radius 3 is 2.32 bits per heavy atom. The lowest BCUT2D eigenvalue weighted by atomic mass is 10.1. The van der Waals surface area contributed by atoms with Gasteiger partial charge in [0.1, 0.15) is 5.82 Å². The highest BCUT2D eigenvalue weighted by molar-refractivity contribution is 7.93. The SMILES string of the molecule is CC(C)S(=O)(=O)Nc1cccc(-c2ccc3c(N4CCOC[C@@H]4C)nc(N4CCOC[C@@H]4C)nc3n2)c1. The summed E-state index contributed by atoms with van der Waals surface area (Å²) >= 11 is 0. The van der Waals surface area contributed by atoms with Crippen molar-refractivity contribution in [3.05, 3.63) is 36.4 Å². The molecule has 198 valence electrons. The Hall–Kier alpha value is -3.02. The van der Waals surface area contributed by atoms with Gasteiger partial charge in [0.15, 0.2) is 5.65 Å². The molecule has 2 saturated heterocycles. The third-order valence-corrected chi connectivity index (χ3v) is 8.59. The van der Waals surface area contributed by atoms with Crippen LogP contribution in [0.1, 0.15) is 27.7 Å². The van der Waals surface area contributed by atoms with E-state index in [0.29, 0.717) is 55.9 Å². The predicted octanol–water partition coefficient (Wildman–Crippen LogP) is 3.29. The molecule has 0 bridgehead atoms. The summed E-state index contributed by atoms with van der Waals surface area (Å²) in [5.74, 6) is 1.49. The average molecular weight is 527 g/mol. The van der Waals surface area contributed by atoms with E-state index in [1.165, 1.54) is 0 Å². The van der Waals surface area contributed by atoms with Crippen LogP contribution in [0.3, 0.4) is 0 Å². The van der Waals surface area contributed by atoms with E-state index >= 15 is 0 Å². The van der Waals surface area contributed by atoms with E-state index in [0.717, 1.165) is 23.3 Å². The van der Waals surface area contributed by atoms with Crippen LogP contribution in [-0.2, 0) is 19.5 Å². The zero-order chi connectivity index (χ0) is 26.2. The number of fused-ring (bicyclic) bond motifs is 1. The largest absolute Gasteiger partial charge is 0.377 e. The number of hydrogen-bond acceptors (Lipinski definition) is 9. The molecule has 0 aliphatic carbocycles. The van der Waals surface area contributed by atoms with Crippen molar-refractivity contribution < 1.29 is 17.9 Å². The molecule has 0 radical (unpaired) electrons. The van der Waals surface area contributed by atoms with Crippen molar-refractivity contribution >= 4 is 38.5 Å². The highest BCUT2D eigenvalue weighted by Crippen LogP contribution is 2.32. The fourth-order valence-electron chi connectivity index (χ4n) is 4.58. The highest BCUT2D eigenvalue weighted by atomic mass is 32.2. The number of morpholine rings is 2. The number of hydrogen-bond donors (Lipinski definition) is 1. The average Bonchev–Trinajstić information content (AvgIpc) is 2.88. The molecule has 1 N–H and O–H groups in total. The molecule has 10 nitrogen and oxygen atoms in total. The quantitative estimate of drug-likeness (QED) is 0.517. The van der Waals surface area contributed by atoms with Crippen molar-refractivity contribution in [2.75, 3.05) is 54.0 Å². The number of pyridine rings is 1. The molecular formula is C26H34N6O4S. The highest BCUT2D eigenvalue weighted by Gasteiger charge is 2.27. The maximum atomic E-state index is 12.4. The van der Waals surface area contributed by atoms with Gasteiger partial charge in [0.25, 0.3) is 0 Å². The number of benzene rings is 1. The molecule has 0 unspecified atom stereocenters. The van der Waals surface area contributed by atoms with Crippen LogP contribution >= 0.6 is 0 Å². The molecule has 4 heterocycles. The Balaban J connectivity index is 1.59. The standard InChI is InChI=1S/C26H34N6O4S/c1-17(2)37(33,34)30-21-7-5-6-20(14-21)23-9-8-22-24(27-23)28-26(32-11-13-36-16-19(32)4)29-25(22)31-10-12-35-15-18(31)3/h5-9,14,17-19,30H,10-13,15-16H2,1-4H3/t18-,19-/m0/s1.